The number of hydrogen-bond acceptors (Lipinski definition) is 4. The molecular formula is C16H20N2O2S. The number of aryl methyl sites for hydroxylation is 1. The van der Waals surface area contributed by atoms with Crippen LogP contribution in [-0.4, -0.2) is 32.1 Å². The van der Waals surface area contributed by atoms with Crippen LogP contribution in [0.3, 0.4) is 0 Å². The van der Waals surface area contributed by atoms with Gasteiger partial charge in [-0.1, -0.05) is 0 Å². The standard InChI is InChI=1S/C16H20N2O2S/c1-10-13-9-12(20-2)3-4-14(13)21-15(10)16(19)18-11-5-7-17-8-6-11/h3-4,9,11,17H,5-8H2,1-2H3,(H,18,19). The fourth-order valence-corrected chi connectivity index (χ4v) is 3.85. The van der Waals surface area contributed by atoms with Crippen molar-refractivity contribution in [3.8, 4) is 5.75 Å². The number of carbonyl (C=O) groups is 1. The average molecular weight is 304 g/mol. The molecule has 2 heterocycles. The number of benzene rings is 1. The van der Waals surface area contributed by atoms with Gasteiger partial charge in [0.05, 0.1) is 12.0 Å². The fraction of sp³-hybridized carbons (Fsp3) is 0.438. The summed E-state index contributed by atoms with van der Waals surface area (Å²) in [6, 6.07) is 6.25. The van der Waals surface area contributed by atoms with E-state index in [1.165, 1.54) is 0 Å². The number of carbonyl (C=O) groups excluding carboxylic acids is 1. The SMILES string of the molecule is COc1ccc2sc(C(=O)NC3CCNCC3)c(C)c2c1. The molecule has 1 aromatic carbocycles. The monoisotopic (exact) mass is 304 g/mol. The molecule has 0 atom stereocenters. The first kappa shape index (κ1) is 14.4. The Bertz CT molecular complexity index is 660. The van der Waals surface area contributed by atoms with E-state index in [-0.39, 0.29) is 11.9 Å². The normalized spacial score (nSPS) is 16.1. The number of thiophene rings is 1. The lowest BCUT2D eigenvalue weighted by atomic mass is 10.1. The largest absolute Gasteiger partial charge is 0.497 e. The van der Waals surface area contributed by atoms with Gasteiger partial charge in [-0.2, -0.15) is 0 Å². The molecule has 1 amide bonds. The summed E-state index contributed by atoms with van der Waals surface area (Å²) >= 11 is 1.56. The van der Waals surface area contributed by atoms with Crippen molar-refractivity contribution in [2.45, 2.75) is 25.8 Å². The van der Waals surface area contributed by atoms with E-state index in [4.69, 9.17) is 4.74 Å². The molecule has 1 aliphatic heterocycles. The van der Waals surface area contributed by atoms with Crippen LogP contribution in [0.15, 0.2) is 18.2 Å². The summed E-state index contributed by atoms with van der Waals surface area (Å²) in [5.41, 5.74) is 1.04. The third kappa shape index (κ3) is 2.89. The predicted octanol–water partition coefficient (Wildman–Crippen LogP) is 2.70. The Morgan fingerprint density at radius 1 is 1.38 bits per heavy atom. The maximum Gasteiger partial charge on any atom is 0.261 e. The first-order valence-electron chi connectivity index (χ1n) is 7.28. The van der Waals surface area contributed by atoms with Gasteiger partial charge >= 0.3 is 0 Å². The van der Waals surface area contributed by atoms with Crippen LogP contribution in [0.1, 0.15) is 28.1 Å². The summed E-state index contributed by atoms with van der Waals surface area (Å²) in [5, 5.41) is 7.58. The summed E-state index contributed by atoms with van der Waals surface area (Å²) in [5.74, 6) is 0.883. The van der Waals surface area contributed by atoms with Gasteiger partial charge in [-0.05, 0) is 62.0 Å². The number of rotatable bonds is 3. The van der Waals surface area contributed by atoms with Gasteiger partial charge in [0.15, 0.2) is 0 Å². The molecule has 0 spiro atoms. The molecule has 21 heavy (non-hydrogen) atoms. The highest BCUT2D eigenvalue weighted by Gasteiger charge is 2.20. The minimum Gasteiger partial charge on any atom is -0.497 e. The number of piperidine rings is 1. The van der Waals surface area contributed by atoms with Gasteiger partial charge in [-0.15, -0.1) is 11.3 Å². The Morgan fingerprint density at radius 2 is 2.14 bits per heavy atom. The molecule has 1 aromatic heterocycles. The van der Waals surface area contributed by atoms with Crippen LogP contribution in [0.5, 0.6) is 5.75 Å². The van der Waals surface area contributed by atoms with E-state index >= 15 is 0 Å². The van der Waals surface area contributed by atoms with E-state index in [1.807, 2.05) is 25.1 Å². The number of fused-ring (bicyclic) bond motifs is 1. The summed E-state index contributed by atoms with van der Waals surface area (Å²) in [6.45, 7) is 3.97. The van der Waals surface area contributed by atoms with Gasteiger partial charge < -0.3 is 15.4 Å². The average Bonchev–Trinajstić information content (AvgIpc) is 2.85. The van der Waals surface area contributed by atoms with E-state index in [0.717, 1.165) is 52.2 Å². The van der Waals surface area contributed by atoms with Crippen LogP contribution in [0, 0.1) is 6.92 Å². The number of nitrogens with one attached hydrogen (secondary N) is 2. The zero-order valence-electron chi connectivity index (χ0n) is 12.4. The second-order valence-corrected chi connectivity index (χ2v) is 6.47. The number of methoxy groups -OCH3 is 1. The summed E-state index contributed by atoms with van der Waals surface area (Å²) in [6.07, 6.45) is 2.01. The van der Waals surface area contributed by atoms with Gasteiger partial charge in [-0.3, -0.25) is 4.79 Å². The third-order valence-corrected chi connectivity index (χ3v) is 5.30. The van der Waals surface area contributed by atoms with Gasteiger partial charge in [0.1, 0.15) is 5.75 Å². The Hall–Kier alpha value is -1.59. The Kier molecular flexibility index (Phi) is 4.12. The summed E-state index contributed by atoms with van der Waals surface area (Å²) in [4.78, 5) is 13.3. The van der Waals surface area contributed by atoms with Crippen molar-refractivity contribution in [1.82, 2.24) is 10.6 Å². The quantitative estimate of drug-likeness (QED) is 0.916. The molecule has 112 valence electrons. The first-order chi connectivity index (χ1) is 10.2. The van der Waals surface area contributed by atoms with Crippen LogP contribution >= 0.6 is 11.3 Å². The lowest BCUT2D eigenvalue weighted by molar-refractivity contribution is 0.0933. The number of ether oxygens (including phenoxy) is 1. The molecule has 0 saturated carbocycles. The lowest BCUT2D eigenvalue weighted by Gasteiger charge is -2.23. The van der Waals surface area contributed by atoms with Crippen LogP contribution < -0.4 is 15.4 Å². The van der Waals surface area contributed by atoms with E-state index < -0.39 is 0 Å². The Labute approximate surface area is 128 Å². The molecule has 1 saturated heterocycles. The van der Waals surface area contributed by atoms with Gasteiger partial charge in [0.2, 0.25) is 0 Å². The first-order valence-corrected chi connectivity index (χ1v) is 8.09. The number of hydrogen-bond donors (Lipinski definition) is 2. The zero-order valence-corrected chi connectivity index (χ0v) is 13.2. The summed E-state index contributed by atoms with van der Waals surface area (Å²) in [7, 11) is 1.66. The van der Waals surface area contributed by atoms with Crippen LogP contribution in [0.25, 0.3) is 10.1 Å². The molecule has 1 aliphatic rings. The molecule has 0 unspecified atom stereocenters. The van der Waals surface area contributed by atoms with Crippen LogP contribution in [0.4, 0.5) is 0 Å². The van der Waals surface area contributed by atoms with Crippen molar-refractivity contribution in [3.05, 3.63) is 28.6 Å². The minimum atomic E-state index is 0.0552. The Balaban J connectivity index is 1.85. The van der Waals surface area contributed by atoms with Crippen molar-refractivity contribution in [1.29, 1.82) is 0 Å². The van der Waals surface area contributed by atoms with Crippen LogP contribution in [-0.2, 0) is 0 Å². The van der Waals surface area contributed by atoms with Crippen LogP contribution in [0.2, 0.25) is 0 Å². The lowest BCUT2D eigenvalue weighted by Crippen LogP contribution is -2.42. The van der Waals surface area contributed by atoms with Crippen molar-refractivity contribution >= 4 is 27.3 Å². The molecular weight excluding hydrogens is 284 g/mol. The van der Waals surface area contributed by atoms with Crippen molar-refractivity contribution in [3.63, 3.8) is 0 Å². The van der Waals surface area contributed by atoms with Gasteiger partial charge in [-0.25, -0.2) is 0 Å². The highest BCUT2D eigenvalue weighted by Crippen LogP contribution is 2.33. The van der Waals surface area contributed by atoms with E-state index in [0.29, 0.717) is 0 Å². The molecule has 3 rings (SSSR count). The molecule has 2 N–H and O–H groups in total. The van der Waals surface area contributed by atoms with Crippen molar-refractivity contribution < 1.29 is 9.53 Å². The van der Waals surface area contributed by atoms with Gasteiger partial charge in [0.25, 0.3) is 5.91 Å². The zero-order chi connectivity index (χ0) is 14.8. The fourth-order valence-electron chi connectivity index (χ4n) is 2.76. The van der Waals surface area contributed by atoms with E-state index in [2.05, 4.69) is 10.6 Å². The summed E-state index contributed by atoms with van der Waals surface area (Å²) < 4.78 is 6.39. The van der Waals surface area contributed by atoms with Crippen molar-refractivity contribution in [2.75, 3.05) is 20.2 Å². The second kappa shape index (κ2) is 6.03. The van der Waals surface area contributed by atoms with E-state index in [9.17, 15) is 4.79 Å². The maximum atomic E-state index is 12.5. The topological polar surface area (TPSA) is 50.4 Å². The molecule has 0 radical (unpaired) electrons. The predicted molar refractivity (Wildman–Crippen MR) is 86.5 cm³/mol. The molecule has 0 bridgehead atoms. The minimum absolute atomic E-state index is 0.0552. The molecule has 4 nitrogen and oxygen atoms in total. The Morgan fingerprint density at radius 3 is 2.86 bits per heavy atom. The maximum absolute atomic E-state index is 12.5. The highest BCUT2D eigenvalue weighted by molar-refractivity contribution is 7.21. The highest BCUT2D eigenvalue weighted by atomic mass is 32.1. The molecule has 1 fully saturated rings. The molecule has 5 heteroatoms. The smallest absolute Gasteiger partial charge is 0.261 e. The van der Waals surface area contributed by atoms with E-state index in [1.54, 1.807) is 18.4 Å². The number of amides is 1. The molecule has 0 aliphatic carbocycles. The molecule has 2 aromatic rings. The van der Waals surface area contributed by atoms with Gasteiger partial charge in [0, 0.05) is 10.7 Å². The van der Waals surface area contributed by atoms with Crippen molar-refractivity contribution in [2.24, 2.45) is 0 Å². The third-order valence-electron chi connectivity index (χ3n) is 4.02. The second-order valence-electron chi connectivity index (χ2n) is 5.42.